The fourth-order valence-corrected chi connectivity index (χ4v) is 0.480. The maximum atomic E-state index is 10.7. The minimum absolute atomic E-state index is 0. The van der Waals surface area contributed by atoms with Gasteiger partial charge in [-0.25, -0.2) is 4.79 Å². The molecule has 0 saturated carbocycles. The van der Waals surface area contributed by atoms with Gasteiger partial charge in [0.1, 0.15) is 0 Å². The first kappa shape index (κ1) is 14.1. The monoisotopic (exact) mass is 365 g/mol. The number of carboxylic acids is 1. The van der Waals surface area contributed by atoms with E-state index in [1.165, 1.54) is 0 Å². The minimum atomic E-state index is -1.33. The molecule has 0 spiro atoms. The van der Waals surface area contributed by atoms with Crippen LogP contribution in [0.1, 0.15) is 13.3 Å². The molecule has 66 valence electrons. The van der Waals surface area contributed by atoms with E-state index in [9.17, 15) is 14.7 Å². The van der Waals surface area contributed by atoms with Gasteiger partial charge < -0.3 is 14.6 Å². The molecule has 0 aromatic rings. The van der Waals surface area contributed by atoms with Crippen LogP contribution in [0.3, 0.4) is 0 Å². The number of esters is 1. The van der Waals surface area contributed by atoms with Crippen molar-refractivity contribution in [1.82, 2.24) is 0 Å². The molecule has 0 rings (SSSR count). The Kier molecular flexibility index (Phi) is 8.56. The van der Waals surface area contributed by atoms with Gasteiger partial charge in [0.25, 0.3) is 0 Å². The summed E-state index contributed by atoms with van der Waals surface area (Å²) in [6, 6.07) is 0. The van der Waals surface area contributed by atoms with Crippen LogP contribution in [0, 0.1) is 0 Å². The third-order valence-electron chi connectivity index (χ3n) is 0.922. The molecule has 0 atom stereocenters. The average molecular weight is 364 g/mol. The molecule has 0 saturated heterocycles. The summed E-state index contributed by atoms with van der Waals surface area (Å²) in [4.78, 5) is 20.6. The first-order valence-electron chi connectivity index (χ1n) is 3.12. The van der Waals surface area contributed by atoms with Crippen LogP contribution in [0.25, 0.3) is 0 Å². The van der Waals surface area contributed by atoms with E-state index in [0.29, 0.717) is 0 Å². The number of rotatable bonds is 4. The fraction of sp³-hybridized carbons (Fsp3) is 0.429. The number of hydrogen-bond donors (Lipinski definition) is 0. The van der Waals surface area contributed by atoms with Crippen molar-refractivity contribution in [2.24, 2.45) is 0 Å². The van der Waals surface area contributed by atoms with Gasteiger partial charge in [-0.1, -0.05) is 6.58 Å². The third-order valence-corrected chi connectivity index (χ3v) is 0.922. The zero-order valence-corrected chi connectivity index (χ0v) is 10.6. The second-order valence-corrected chi connectivity index (χ2v) is 1.87. The number of carbonyl (C=O) groups excluding carboxylic acids is 2. The van der Waals surface area contributed by atoms with Crippen LogP contribution in [0.15, 0.2) is 12.2 Å². The Morgan fingerprint density at radius 1 is 1.50 bits per heavy atom. The summed E-state index contributed by atoms with van der Waals surface area (Å²) in [6.45, 7) is 5.06. The van der Waals surface area contributed by atoms with Gasteiger partial charge in [-0.05, 0) is 6.92 Å². The number of carbonyl (C=O) groups is 2. The van der Waals surface area contributed by atoms with Gasteiger partial charge in [0.2, 0.25) is 0 Å². The molecule has 0 aromatic carbocycles. The first-order valence-corrected chi connectivity index (χ1v) is 3.12. The Bertz CT molecular complexity index is 188. The quantitative estimate of drug-likeness (QED) is 0.360. The molecular formula is C7H9O4Pb-. The Morgan fingerprint density at radius 3 is 2.33 bits per heavy atom. The maximum Gasteiger partial charge on any atom is 0.333 e. The van der Waals surface area contributed by atoms with Gasteiger partial charge in [-0.3, -0.25) is 0 Å². The van der Waals surface area contributed by atoms with Gasteiger partial charge in [0.15, 0.2) is 0 Å². The summed E-state index contributed by atoms with van der Waals surface area (Å²) in [5, 5.41) is 9.94. The molecule has 0 aliphatic heterocycles. The second-order valence-electron chi connectivity index (χ2n) is 1.87. The second kappa shape index (κ2) is 7.26. The molecule has 0 aliphatic carbocycles. The molecular weight excluding hydrogens is 355 g/mol. The van der Waals surface area contributed by atoms with Crippen molar-refractivity contribution < 1.29 is 19.4 Å². The SMILES string of the molecule is C=C(CC(=O)[O-])C(=O)OCC.[Pb]. The summed E-state index contributed by atoms with van der Waals surface area (Å²) in [7, 11) is 0. The smallest absolute Gasteiger partial charge is 0.333 e. The zero-order valence-electron chi connectivity index (χ0n) is 6.75. The number of carboxylic acid groups (broad SMARTS) is 1. The summed E-state index contributed by atoms with van der Waals surface area (Å²) in [5.41, 5.74) is -0.0909. The van der Waals surface area contributed by atoms with E-state index in [0.717, 1.165) is 0 Å². The van der Waals surface area contributed by atoms with E-state index in [4.69, 9.17) is 0 Å². The topological polar surface area (TPSA) is 66.4 Å². The van der Waals surface area contributed by atoms with Gasteiger partial charge in [0, 0.05) is 45.3 Å². The van der Waals surface area contributed by atoms with Crippen molar-refractivity contribution in [3.05, 3.63) is 12.2 Å². The van der Waals surface area contributed by atoms with Gasteiger partial charge in [-0.15, -0.1) is 0 Å². The molecule has 5 heteroatoms. The molecule has 4 radical (unpaired) electrons. The standard InChI is InChI=1S/C7H10O4.Pb/c1-3-11-7(10)5(2)4-6(8)9;/h2-4H2,1H3,(H,8,9);/p-1. The number of hydrogen-bond acceptors (Lipinski definition) is 4. The molecule has 0 amide bonds. The summed E-state index contributed by atoms with van der Waals surface area (Å²) in [5.74, 6) is -2.01. The van der Waals surface area contributed by atoms with E-state index in [2.05, 4.69) is 11.3 Å². The normalized spacial score (nSPS) is 8.08. The van der Waals surface area contributed by atoms with Crippen molar-refractivity contribution >= 4 is 39.2 Å². The minimum Gasteiger partial charge on any atom is -0.550 e. The van der Waals surface area contributed by atoms with Gasteiger partial charge in [-0.2, -0.15) is 0 Å². The summed E-state index contributed by atoms with van der Waals surface area (Å²) < 4.78 is 4.47. The van der Waals surface area contributed by atoms with Crippen molar-refractivity contribution in [3.63, 3.8) is 0 Å². The third kappa shape index (κ3) is 6.32. The molecule has 0 fully saturated rings. The first-order chi connectivity index (χ1) is 5.07. The Hall–Kier alpha value is -0.398. The van der Waals surface area contributed by atoms with E-state index in [1.54, 1.807) is 6.92 Å². The predicted molar refractivity (Wildman–Crippen MR) is 41.2 cm³/mol. The Balaban J connectivity index is 0. The van der Waals surface area contributed by atoms with Crippen LogP contribution in [0.5, 0.6) is 0 Å². The van der Waals surface area contributed by atoms with E-state index in [1.807, 2.05) is 0 Å². The van der Waals surface area contributed by atoms with E-state index < -0.39 is 18.4 Å². The van der Waals surface area contributed by atoms with Crippen molar-refractivity contribution in [3.8, 4) is 0 Å². The van der Waals surface area contributed by atoms with E-state index >= 15 is 0 Å². The molecule has 0 aliphatic rings. The van der Waals surface area contributed by atoms with Crippen molar-refractivity contribution in [2.75, 3.05) is 6.61 Å². The molecule has 0 aromatic heterocycles. The van der Waals surface area contributed by atoms with Crippen LogP contribution in [0.4, 0.5) is 0 Å². The molecule has 4 nitrogen and oxygen atoms in total. The molecule has 12 heavy (non-hydrogen) atoms. The maximum absolute atomic E-state index is 10.7. The largest absolute Gasteiger partial charge is 0.550 e. The van der Waals surface area contributed by atoms with Crippen molar-refractivity contribution in [2.45, 2.75) is 13.3 Å². The van der Waals surface area contributed by atoms with Gasteiger partial charge >= 0.3 is 5.97 Å². The Morgan fingerprint density at radius 2 is 2.00 bits per heavy atom. The molecule has 0 bridgehead atoms. The summed E-state index contributed by atoms with van der Waals surface area (Å²) in [6.07, 6.45) is -0.473. The average Bonchev–Trinajstić information content (AvgIpc) is 1.86. The molecule has 0 N–H and O–H groups in total. The predicted octanol–water partition coefficient (Wildman–Crippen LogP) is -1.14. The van der Waals surface area contributed by atoms with E-state index in [-0.39, 0.29) is 39.5 Å². The molecule has 0 unspecified atom stereocenters. The van der Waals surface area contributed by atoms with Crippen LogP contribution >= 0.6 is 0 Å². The number of ether oxygens (including phenoxy) is 1. The van der Waals surface area contributed by atoms with Crippen LogP contribution in [-0.2, 0) is 14.3 Å². The number of aliphatic carboxylic acids is 1. The van der Waals surface area contributed by atoms with Crippen LogP contribution < -0.4 is 5.11 Å². The van der Waals surface area contributed by atoms with Crippen molar-refractivity contribution in [1.29, 1.82) is 0 Å². The zero-order chi connectivity index (χ0) is 8.85. The van der Waals surface area contributed by atoms with Crippen LogP contribution in [0.2, 0.25) is 0 Å². The van der Waals surface area contributed by atoms with Gasteiger partial charge in [0.05, 0.1) is 6.61 Å². The fourth-order valence-electron chi connectivity index (χ4n) is 0.480. The molecule has 0 heterocycles. The Labute approximate surface area is 90.8 Å². The summed E-state index contributed by atoms with van der Waals surface area (Å²) >= 11 is 0. The van der Waals surface area contributed by atoms with Crippen LogP contribution in [-0.4, -0.2) is 45.8 Å².